The predicted octanol–water partition coefficient (Wildman–Crippen LogP) is 5.75. The van der Waals surface area contributed by atoms with Crippen molar-refractivity contribution in [1.82, 2.24) is 15.3 Å². The zero-order valence-electron chi connectivity index (χ0n) is 21.7. The van der Waals surface area contributed by atoms with Gasteiger partial charge in [0.25, 0.3) is 0 Å². The summed E-state index contributed by atoms with van der Waals surface area (Å²) in [6, 6.07) is 32.2. The molecule has 0 unspecified atom stereocenters. The van der Waals surface area contributed by atoms with Gasteiger partial charge in [-0.25, -0.2) is 18.4 Å². The molecule has 0 aliphatic carbocycles. The molecule has 198 valence electrons. The van der Waals surface area contributed by atoms with E-state index in [9.17, 15) is 8.42 Å². The average Bonchev–Trinajstić information content (AvgIpc) is 2.95. The van der Waals surface area contributed by atoms with Crippen LogP contribution in [-0.2, 0) is 23.0 Å². The first kappa shape index (κ1) is 26.3. The number of anilines is 2. The molecule has 0 aliphatic heterocycles. The molecule has 4 aromatic carbocycles. The minimum Gasteiger partial charge on any atom is -0.489 e. The molecular formula is C31H30N4O3S. The van der Waals surface area contributed by atoms with Gasteiger partial charge in [-0.1, -0.05) is 54.6 Å². The Hall–Kier alpha value is -4.27. The van der Waals surface area contributed by atoms with Crippen molar-refractivity contribution in [1.29, 1.82) is 0 Å². The van der Waals surface area contributed by atoms with E-state index in [2.05, 4.69) is 38.8 Å². The highest BCUT2D eigenvalue weighted by molar-refractivity contribution is 7.90. The molecule has 39 heavy (non-hydrogen) atoms. The predicted molar refractivity (Wildman–Crippen MR) is 157 cm³/mol. The van der Waals surface area contributed by atoms with E-state index in [0.29, 0.717) is 19.7 Å². The van der Waals surface area contributed by atoms with Gasteiger partial charge in [-0.2, -0.15) is 0 Å². The molecule has 1 heterocycles. The largest absolute Gasteiger partial charge is 0.489 e. The van der Waals surface area contributed by atoms with Gasteiger partial charge < -0.3 is 15.4 Å². The van der Waals surface area contributed by atoms with Crippen LogP contribution in [0.3, 0.4) is 0 Å². The average molecular weight is 539 g/mol. The van der Waals surface area contributed by atoms with Crippen molar-refractivity contribution in [3.63, 3.8) is 0 Å². The third-order valence-corrected chi connectivity index (χ3v) is 7.19. The Balaban J connectivity index is 1.29. The standard InChI is InChI=1S/C31H30N4O3S/c1-39(36,37)17-16-32-20-24-8-5-9-25(18-24)26-10-15-30-29(19-26)31(34-22-33-30)35-27-11-13-28(14-12-27)38-21-23-6-3-2-4-7-23/h2-15,18-19,22,32H,16-17,20-21H2,1H3,(H,33,34,35). The molecule has 0 aliphatic rings. The van der Waals surface area contributed by atoms with Gasteiger partial charge in [-0.3, -0.25) is 0 Å². The van der Waals surface area contributed by atoms with E-state index in [4.69, 9.17) is 4.74 Å². The summed E-state index contributed by atoms with van der Waals surface area (Å²) in [6.45, 7) is 1.54. The minimum atomic E-state index is -2.98. The lowest BCUT2D eigenvalue weighted by atomic mass is 10.0. The van der Waals surface area contributed by atoms with Crippen molar-refractivity contribution in [2.45, 2.75) is 13.2 Å². The van der Waals surface area contributed by atoms with Gasteiger partial charge in [0.2, 0.25) is 0 Å². The van der Waals surface area contributed by atoms with Crippen molar-refractivity contribution >= 4 is 32.2 Å². The third-order valence-electron chi connectivity index (χ3n) is 6.24. The summed E-state index contributed by atoms with van der Waals surface area (Å²) in [5.41, 5.74) is 6.05. The molecule has 2 N–H and O–H groups in total. The number of sulfone groups is 1. The Morgan fingerprint density at radius 1 is 0.795 bits per heavy atom. The third kappa shape index (κ3) is 7.40. The van der Waals surface area contributed by atoms with Crippen LogP contribution in [0.5, 0.6) is 5.75 Å². The van der Waals surface area contributed by atoms with Crippen molar-refractivity contribution in [2.75, 3.05) is 23.9 Å². The maximum Gasteiger partial charge on any atom is 0.148 e. The van der Waals surface area contributed by atoms with E-state index in [0.717, 1.165) is 50.4 Å². The molecule has 0 spiro atoms. The molecule has 0 saturated heterocycles. The highest BCUT2D eigenvalue weighted by atomic mass is 32.2. The van der Waals surface area contributed by atoms with Crippen LogP contribution in [-0.4, -0.2) is 36.9 Å². The van der Waals surface area contributed by atoms with Gasteiger partial charge in [-0.15, -0.1) is 0 Å². The van der Waals surface area contributed by atoms with Crippen LogP contribution in [0.1, 0.15) is 11.1 Å². The number of ether oxygens (including phenoxy) is 1. The van der Waals surface area contributed by atoms with Gasteiger partial charge in [0.05, 0.1) is 11.3 Å². The monoisotopic (exact) mass is 538 g/mol. The Bertz CT molecular complexity index is 1660. The number of fused-ring (bicyclic) bond motifs is 1. The Morgan fingerprint density at radius 2 is 1.56 bits per heavy atom. The highest BCUT2D eigenvalue weighted by Crippen LogP contribution is 2.29. The number of nitrogens with zero attached hydrogens (tertiary/aromatic N) is 2. The van der Waals surface area contributed by atoms with E-state index >= 15 is 0 Å². The van der Waals surface area contributed by atoms with E-state index in [-0.39, 0.29) is 5.75 Å². The number of rotatable bonds is 11. The Morgan fingerprint density at radius 3 is 2.36 bits per heavy atom. The van der Waals surface area contributed by atoms with Crippen LogP contribution in [0.2, 0.25) is 0 Å². The summed E-state index contributed by atoms with van der Waals surface area (Å²) in [7, 11) is -2.98. The molecule has 0 amide bonds. The normalized spacial score (nSPS) is 11.4. The lowest BCUT2D eigenvalue weighted by Crippen LogP contribution is -2.21. The number of hydrogen-bond donors (Lipinski definition) is 2. The minimum absolute atomic E-state index is 0.122. The van der Waals surface area contributed by atoms with Crippen LogP contribution in [0.15, 0.2) is 103 Å². The molecule has 5 aromatic rings. The van der Waals surface area contributed by atoms with Gasteiger partial charge >= 0.3 is 0 Å². The smallest absolute Gasteiger partial charge is 0.148 e. The molecule has 7 nitrogen and oxygen atoms in total. The van der Waals surface area contributed by atoms with E-state index in [1.807, 2.05) is 78.9 Å². The Labute approximate surface area is 228 Å². The highest BCUT2D eigenvalue weighted by Gasteiger charge is 2.08. The summed E-state index contributed by atoms with van der Waals surface area (Å²) in [6.07, 6.45) is 2.81. The van der Waals surface area contributed by atoms with Crippen LogP contribution in [0.4, 0.5) is 11.5 Å². The summed E-state index contributed by atoms with van der Waals surface area (Å²) in [5.74, 6) is 1.64. The van der Waals surface area contributed by atoms with Crippen molar-refractivity contribution in [2.24, 2.45) is 0 Å². The fourth-order valence-electron chi connectivity index (χ4n) is 4.20. The molecule has 0 bridgehead atoms. The van der Waals surface area contributed by atoms with Gasteiger partial charge in [0.1, 0.15) is 34.3 Å². The lowest BCUT2D eigenvalue weighted by molar-refractivity contribution is 0.306. The molecule has 0 fully saturated rings. The molecule has 8 heteroatoms. The quantitative estimate of drug-likeness (QED) is 0.207. The zero-order valence-corrected chi connectivity index (χ0v) is 22.5. The summed E-state index contributed by atoms with van der Waals surface area (Å²) in [5, 5.41) is 7.54. The summed E-state index contributed by atoms with van der Waals surface area (Å²) in [4.78, 5) is 8.95. The number of benzene rings is 4. The van der Waals surface area contributed by atoms with E-state index < -0.39 is 9.84 Å². The van der Waals surface area contributed by atoms with Crippen LogP contribution in [0.25, 0.3) is 22.0 Å². The van der Waals surface area contributed by atoms with Crippen LogP contribution < -0.4 is 15.4 Å². The summed E-state index contributed by atoms with van der Waals surface area (Å²) < 4.78 is 28.6. The van der Waals surface area contributed by atoms with E-state index in [1.54, 1.807) is 6.33 Å². The van der Waals surface area contributed by atoms with E-state index in [1.165, 1.54) is 6.26 Å². The van der Waals surface area contributed by atoms with Crippen LogP contribution >= 0.6 is 0 Å². The lowest BCUT2D eigenvalue weighted by Gasteiger charge is -2.12. The Kier molecular flexibility index (Phi) is 8.15. The molecule has 5 rings (SSSR count). The van der Waals surface area contributed by atoms with Crippen molar-refractivity contribution in [3.05, 3.63) is 115 Å². The second-order valence-electron chi connectivity index (χ2n) is 9.38. The fraction of sp³-hybridized carbons (Fsp3) is 0.161. The fourth-order valence-corrected chi connectivity index (χ4v) is 4.71. The summed E-state index contributed by atoms with van der Waals surface area (Å²) >= 11 is 0. The molecular weight excluding hydrogens is 508 g/mol. The first-order valence-corrected chi connectivity index (χ1v) is 14.8. The number of nitrogens with one attached hydrogen (secondary N) is 2. The maximum absolute atomic E-state index is 11.4. The van der Waals surface area contributed by atoms with Gasteiger partial charge in [0, 0.05) is 30.4 Å². The molecule has 0 radical (unpaired) electrons. The van der Waals surface area contributed by atoms with Crippen LogP contribution in [0, 0.1) is 0 Å². The first-order chi connectivity index (χ1) is 18.9. The van der Waals surface area contributed by atoms with Gasteiger partial charge in [-0.05, 0) is 64.7 Å². The van der Waals surface area contributed by atoms with Crippen molar-refractivity contribution < 1.29 is 13.2 Å². The number of hydrogen-bond acceptors (Lipinski definition) is 7. The second kappa shape index (κ2) is 12.1. The first-order valence-electron chi connectivity index (χ1n) is 12.7. The maximum atomic E-state index is 11.4. The molecule has 0 atom stereocenters. The number of aromatic nitrogens is 2. The second-order valence-corrected chi connectivity index (χ2v) is 11.6. The SMILES string of the molecule is CS(=O)(=O)CCNCc1cccc(-c2ccc3ncnc(Nc4ccc(OCc5ccccc5)cc4)c3c2)c1. The zero-order chi connectivity index (χ0) is 27.1. The van der Waals surface area contributed by atoms with Crippen molar-refractivity contribution in [3.8, 4) is 16.9 Å². The topological polar surface area (TPSA) is 93.2 Å². The molecule has 0 saturated carbocycles. The molecule has 1 aromatic heterocycles. The van der Waals surface area contributed by atoms with Gasteiger partial charge in [0.15, 0.2) is 0 Å².